The van der Waals surface area contributed by atoms with Gasteiger partial charge in [0, 0.05) is 11.8 Å². The van der Waals surface area contributed by atoms with Gasteiger partial charge in [0.15, 0.2) is 0 Å². The molecule has 1 fully saturated rings. The van der Waals surface area contributed by atoms with Crippen molar-refractivity contribution in [3.8, 4) is 0 Å². The molecular formula is C13H14ClNS. The summed E-state index contributed by atoms with van der Waals surface area (Å²) in [5.41, 5.74) is 1.11. The summed E-state index contributed by atoms with van der Waals surface area (Å²) in [6.45, 7) is 2.28. The zero-order valence-corrected chi connectivity index (χ0v) is 10.8. The third kappa shape index (κ3) is 1.96. The van der Waals surface area contributed by atoms with Crippen molar-refractivity contribution in [1.82, 2.24) is 4.98 Å². The summed E-state index contributed by atoms with van der Waals surface area (Å²) in [7, 11) is 0. The van der Waals surface area contributed by atoms with Crippen LogP contribution in [-0.4, -0.2) is 10.4 Å². The molecule has 1 aromatic heterocycles. The fraction of sp³-hybridized carbons (Fsp3) is 0.462. The monoisotopic (exact) mass is 251 g/mol. The molecule has 0 aliphatic heterocycles. The number of thiazole rings is 1. The molecule has 84 valence electrons. The number of hydrogen-bond acceptors (Lipinski definition) is 2. The lowest BCUT2D eigenvalue weighted by molar-refractivity contribution is 0.681. The lowest BCUT2D eigenvalue weighted by Gasteiger charge is -2.04. The number of benzene rings is 1. The molecule has 3 unspecified atom stereocenters. The molecule has 1 heterocycles. The first kappa shape index (κ1) is 10.5. The Bertz CT molecular complexity index is 474. The largest absolute Gasteiger partial charge is 0.241 e. The fourth-order valence-electron chi connectivity index (χ4n) is 2.18. The van der Waals surface area contributed by atoms with E-state index in [0.717, 1.165) is 17.9 Å². The molecule has 0 amide bonds. The molecule has 3 heteroatoms. The summed E-state index contributed by atoms with van der Waals surface area (Å²) in [6.07, 6.45) is 2.22. The van der Waals surface area contributed by atoms with Crippen molar-refractivity contribution in [2.45, 2.75) is 25.1 Å². The van der Waals surface area contributed by atoms with Crippen LogP contribution in [0.2, 0.25) is 0 Å². The number of alkyl halides is 1. The summed E-state index contributed by atoms with van der Waals surface area (Å²) >= 11 is 8.18. The molecular weight excluding hydrogens is 238 g/mol. The van der Waals surface area contributed by atoms with Crippen LogP contribution >= 0.6 is 22.9 Å². The summed E-state index contributed by atoms with van der Waals surface area (Å²) in [4.78, 5) is 4.62. The lowest BCUT2D eigenvalue weighted by Crippen LogP contribution is -2.06. The van der Waals surface area contributed by atoms with E-state index >= 15 is 0 Å². The van der Waals surface area contributed by atoms with Crippen molar-refractivity contribution < 1.29 is 0 Å². The van der Waals surface area contributed by atoms with Gasteiger partial charge in [0.05, 0.1) is 15.2 Å². The second kappa shape index (κ2) is 4.01. The highest BCUT2D eigenvalue weighted by molar-refractivity contribution is 7.18. The number of halogens is 1. The van der Waals surface area contributed by atoms with Gasteiger partial charge in [-0.25, -0.2) is 4.98 Å². The van der Waals surface area contributed by atoms with Crippen molar-refractivity contribution in [3.63, 3.8) is 0 Å². The summed E-state index contributed by atoms with van der Waals surface area (Å²) < 4.78 is 1.27. The van der Waals surface area contributed by atoms with Crippen molar-refractivity contribution in [2.75, 3.05) is 0 Å². The number of fused-ring (bicyclic) bond motifs is 1. The van der Waals surface area contributed by atoms with E-state index in [0.29, 0.717) is 5.92 Å². The Hall–Kier alpha value is -0.600. The van der Waals surface area contributed by atoms with Crippen LogP contribution in [0.15, 0.2) is 24.3 Å². The molecule has 0 bridgehead atoms. The fourth-order valence-corrected chi connectivity index (χ4v) is 3.79. The van der Waals surface area contributed by atoms with Gasteiger partial charge in [-0.3, -0.25) is 0 Å². The van der Waals surface area contributed by atoms with E-state index in [9.17, 15) is 0 Å². The number of hydrogen-bond donors (Lipinski definition) is 0. The van der Waals surface area contributed by atoms with Crippen LogP contribution in [0.3, 0.4) is 0 Å². The minimum Gasteiger partial charge on any atom is -0.241 e. The Balaban J connectivity index is 1.79. The summed E-state index contributed by atoms with van der Waals surface area (Å²) in [5.74, 6) is 1.53. The van der Waals surface area contributed by atoms with Gasteiger partial charge in [0.1, 0.15) is 0 Å². The van der Waals surface area contributed by atoms with Crippen molar-refractivity contribution in [3.05, 3.63) is 29.3 Å². The van der Waals surface area contributed by atoms with Crippen molar-refractivity contribution in [1.29, 1.82) is 0 Å². The Labute approximate surface area is 104 Å². The van der Waals surface area contributed by atoms with Gasteiger partial charge in [-0.2, -0.15) is 0 Å². The topological polar surface area (TPSA) is 12.9 Å². The van der Waals surface area contributed by atoms with Crippen molar-refractivity contribution in [2.24, 2.45) is 11.8 Å². The van der Waals surface area contributed by atoms with Gasteiger partial charge in [-0.15, -0.1) is 22.9 Å². The molecule has 1 nitrogen and oxygen atoms in total. The molecule has 2 aromatic rings. The third-order valence-electron chi connectivity index (χ3n) is 3.34. The smallest absolute Gasteiger partial charge is 0.0953 e. The molecule has 1 aliphatic carbocycles. The SMILES string of the molecule is CC1CC1C(Cl)Cc1nc2ccccc2s1. The standard InChI is InChI=1S/C13H14ClNS/c1-8-6-9(8)10(14)7-13-15-11-4-2-3-5-12(11)16-13/h2-5,8-10H,6-7H2,1H3. The summed E-state index contributed by atoms with van der Waals surface area (Å²) in [5, 5.41) is 1.45. The zero-order chi connectivity index (χ0) is 11.1. The molecule has 0 spiro atoms. The van der Waals surface area contributed by atoms with Gasteiger partial charge in [-0.1, -0.05) is 19.1 Å². The Morgan fingerprint density at radius 2 is 2.25 bits per heavy atom. The van der Waals surface area contributed by atoms with Crippen LogP contribution in [-0.2, 0) is 6.42 Å². The maximum Gasteiger partial charge on any atom is 0.0953 e. The molecule has 0 saturated heterocycles. The molecule has 3 atom stereocenters. The predicted molar refractivity (Wildman–Crippen MR) is 70.2 cm³/mol. The van der Waals surface area contributed by atoms with E-state index in [-0.39, 0.29) is 5.38 Å². The molecule has 0 radical (unpaired) electrons. The Morgan fingerprint density at radius 1 is 1.50 bits per heavy atom. The first-order valence-corrected chi connectivity index (χ1v) is 6.98. The molecule has 1 saturated carbocycles. The zero-order valence-electron chi connectivity index (χ0n) is 9.19. The number of rotatable bonds is 3. The van der Waals surface area contributed by atoms with Gasteiger partial charge < -0.3 is 0 Å². The van der Waals surface area contributed by atoms with E-state index in [1.54, 1.807) is 11.3 Å². The lowest BCUT2D eigenvalue weighted by atomic mass is 10.2. The normalized spacial score (nSPS) is 25.9. The van der Waals surface area contributed by atoms with E-state index in [1.165, 1.54) is 16.1 Å². The molecule has 0 N–H and O–H groups in total. The van der Waals surface area contributed by atoms with E-state index in [4.69, 9.17) is 11.6 Å². The molecule has 3 rings (SSSR count). The molecule has 1 aliphatic rings. The first-order valence-electron chi connectivity index (χ1n) is 5.72. The third-order valence-corrected chi connectivity index (χ3v) is 4.88. The van der Waals surface area contributed by atoms with Crippen molar-refractivity contribution >= 4 is 33.2 Å². The van der Waals surface area contributed by atoms with E-state index < -0.39 is 0 Å². The highest BCUT2D eigenvalue weighted by atomic mass is 35.5. The number of nitrogens with zero attached hydrogens (tertiary/aromatic N) is 1. The van der Waals surface area contributed by atoms with Crippen LogP contribution in [0.5, 0.6) is 0 Å². The maximum absolute atomic E-state index is 6.40. The van der Waals surface area contributed by atoms with Crippen LogP contribution in [0, 0.1) is 11.8 Å². The van der Waals surface area contributed by atoms with E-state index in [2.05, 4.69) is 30.1 Å². The first-order chi connectivity index (χ1) is 7.74. The molecule has 16 heavy (non-hydrogen) atoms. The van der Waals surface area contributed by atoms with Gasteiger partial charge in [-0.05, 0) is 30.4 Å². The van der Waals surface area contributed by atoms with Crippen LogP contribution in [0.4, 0.5) is 0 Å². The Morgan fingerprint density at radius 3 is 2.94 bits per heavy atom. The Kier molecular flexibility index (Phi) is 2.64. The second-order valence-electron chi connectivity index (χ2n) is 4.67. The highest BCUT2D eigenvalue weighted by Gasteiger charge is 2.38. The quantitative estimate of drug-likeness (QED) is 0.749. The van der Waals surface area contributed by atoms with Gasteiger partial charge >= 0.3 is 0 Å². The van der Waals surface area contributed by atoms with Gasteiger partial charge in [0.2, 0.25) is 0 Å². The average molecular weight is 252 g/mol. The second-order valence-corrected chi connectivity index (χ2v) is 6.35. The highest BCUT2D eigenvalue weighted by Crippen LogP contribution is 2.44. The summed E-state index contributed by atoms with van der Waals surface area (Å²) in [6, 6.07) is 8.29. The van der Waals surface area contributed by atoms with Crippen LogP contribution < -0.4 is 0 Å². The predicted octanol–water partition coefficient (Wildman–Crippen LogP) is 4.10. The molecule has 1 aromatic carbocycles. The van der Waals surface area contributed by atoms with Crippen LogP contribution in [0.1, 0.15) is 18.4 Å². The average Bonchev–Trinajstić information content (AvgIpc) is 2.87. The van der Waals surface area contributed by atoms with Crippen LogP contribution in [0.25, 0.3) is 10.2 Å². The van der Waals surface area contributed by atoms with Gasteiger partial charge in [0.25, 0.3) is 0 Å². The maximum atomic E-state index is 6.40. The minimum absolute atomic E-state index is 0.274. The number of para-hydroxylation sites is 1. The van der Waals surface area contributed by atoms with E-state index in [1.807, 2.05) is 6.07 Å². The number of aromatic nitrogens is 1. The minimum atomic E-state index is 0.274.